The van der Waals surface area contributed by atoms with Gasteiger partial charge in [-0.15, -0.1) is 0 Å². The van der Waals surface area contributed by atoms with Gasteiger partial charge in [0.2, 0.25) is 0 Å². The Labute approximate surface area is 81.9 Å². The van der Waals surface area contributed by atoms with Crippen LogP contribution in [0.4, 0.5) is 0 Å². The molecule has 0 aromatic carbocycles. The molecule has 0 saturated carbocycles. The number of nitrogens with one attached hydrogen (secondary N) is 1. The number of hydrogen-bond donors (Lipinski definition) is 0. The van der Waals surface area contributed by atoms with Gasteiger partial charge in [-0.05, 0) is 6.42 Å². The van der Waals surface area contributed by atoms with Crippen molar-refractivity contribution in [2.45, 2.75) is 58.3 Å². The van der Waals surface area contributed by atoms with Crippen LogP contribution in [-0.4, -0.2) is 12.3 Å². The first-order valence-corrected chi connectivity index (χ1v) is 5.47. The first kappa shape index (κ1) is 12.6. The van der Waals surface area contributed by atoms with E-state index in [1.54, 1.807) is 0 Å². The van der Waals surface area contributed by atoms with Gasteiger partial charge in [0, 0.05) is 6.42 Å². The van der Waals surface area contributed by atoms with Gasteiger partial charge >= 0.3 is 0 Å². The maximum atomic E-state index is 10.8. The van der Waals surface area contributed by atoms with Gasteiger partial charge < -0.3 is 0 Å². The van der Waals surface area contributed by atoms with Crippen LogP contribution >= 0.6 is 0 Å². The number of rotatable bonds is 9. The zero-order chi connectivity index (χ0) is 9.94. The van der Waals surface area contributed by atoms with Crippen molar-refractivity contribution < 1.29 is 4.79 Å². The molecular formula is C11H22NO. The summed E-state index contributed by atoms with van der Waals surface area (Å²) in [6.07, 6.45) is 9.30. The lowest BCUT2D eigenvalue weighted by molar-refractivity contribution is -0.117. The second kappa shape index (κ2) is 9.72. The summed E-state index contributed by atoms with van der Waals surface area (Å²) in [6.45, 7) is 2.18. The molecule has 0 saturated heterocycles. The van der Waals surface area contributed by atoms with Gasteiger partial charge in [0.25, 0.3) is 0 Å². The smallest absolute Gasteiger partial charge is 0.148 e. The van der Waals surface area contributed by atoms with Gasteiger partial charge in [-0.3, -0.25) is 10.5 Å². The number of carbonyl (C=O) groups is 1. The molecule has 0 spiro atoms. The summed E-state index contributed by atoms with van der Waals surface area (Å²) in [4.78, 5) is 10.8. The SMILES string of the molecule is CCCCCCCCCC(=O)C[NH]. The Kier molecular flexibility index (Phi) is 9.44. The van der Waals surface area contributed by atoms with Crippen LogP contribution in [0.15, 0.2) is 0 Å². The molecule has 0 heterocycles. The lowest BCUT2D eigenvalue weighted by Crippen LogP contribution is -2.04. The standard InChI is InChI=1S/C11H22NO/c1-2-3-4-5-6-7-8-9-11(13)10-12/h12H,2-10H2,1H3. The van der Waals surface area contributed by atoms with Crippen LogP contribution in [0, 0.1) is 0 Å². The monoisotopic (exact) mass is 184 g/mol. The van der Waals surface area contributed by atoms with Crippen LogP contribution in [0.5, 0.6) is 0 Å². The van der Waals surface area contributed by atoms with Crippen molar-refractivity contribution in [2.24, 2.45) is 0 Å². The van der Waals surface area contributed by atoms with Crippen LogP contribution < -0.4 is 5.73 Å². The van der Waals surface area contributed by atoms with E-state index in [1.165, 1.54) is 32.1 Å². The van der Waals surface area contributed by atoms with Gasteiger partial charge in [0.05, 0.1) is 6.54 Å². The highest BCUT2D eigenvalue weighted by molar-refractivity contribution is 5.79. The number of hydrogen-bond acceptors (Lipinski definition) is 1. The molecule has 2 nitrogen and oxygen atoms in total. The first-order valence-electron chi connectivity index (χ1n) is 5.47. The van der Waals surface area contributed by atoms with E-state index in [1.807, 2.05) is 0 Å². The molecule has 0 rings (SSSR count). The van der Waals surface area contributed by atoms with E-state index in [0.29, 0.717) is 6.42 Å². The molecule has 0 aliphatic heterocycles. The molecule has 0 fully saturated rings. The second-order valence-electron chi connectivity index (χ2n) is 3.59. The van der Waals surface area contributed by atoms with Crippen molar-refractivity contribution >= 4 is 5.78 Å². The minimum atomic E-state index is -0.0319. The summed E-state index contributed by atoms with van der Waals surface area (Å²) in [5.74, 6) is 0.0913. The van der Waals surface area contributed by atoms with Crippen molar-refractivity contribution in [1.82, 2.24) is 5.73 Å². The molecule has 13 heavy (non-hydrogen) atoms. The van der Waals surface area contributed by atoms with Gasteiger partial charge in [0.15, 0.2) is 0 Å². The third-order valence-electron chi connectivity index (χ3n) is 2.26. The Morgan fingerprint density at radius 1 is 1.00 bits per heavy atom. The van der Waals surface area contributed by atoms with Gasteiger partial charge in [0.1, 0.15) is 5.78 Å². The predicted octanol–water partition coefficient (Wildman–Crippen LogP) is 2.98. The van der Waals surface area contributed by atoms with Crippen LogP contribution in [-0.2, 0) is 4.79 Å². The Balaban J connectivity index is 2.95. The van der Waals surface area contributed by atoms with Gasteiger partial charge in [-0.25, -0.2) is 0 Å². The van der Waals surface area contributed by atoms with E-state index in [-0.39, 0.29) is 12.3 Å². The molecule has 77 valence electrons. The molecule has 0 aromatic rings. The Bertz CT molecular complexity index is 123. The Morgan fingerprint density at radius 3 is 2.08 bits per heavy atom. The molecule has 0 aliphatic rings. The van der Waals surface area contributed by atoms with Crippen molar-refractivity contribution in [1.29, 1.82) is 0 Å². The summed E-state index contributed by atoms with van der Waals surface area (Å²) >= 11 is 0. The van der Waals surface area contributed by atoms with E-state index >= 15 is 0 Å². The molecule has 2 heteroatoms. The fourth-order valence-corrected chi connectivity index (χ4v) is 1.37. The van der Waals surface area contributed by atoms with Crippen LogP contribution in [0.25, 0.3) is 0 Å². The van der Waals surface area contributed by atoms with Crippen LogP contribution in [0.3, 0.4) is 0 Å². The minimum Gasteiger partial charge on any atom is -0.298 e. The summed E-state index contributed by atoms with van der Waals surface area (Å²) in [7, 11) is 0. The van der Waals surface area contributed by atoms with Gasteiger partial charge in [-0.1, -0.05) is 45.4 Å². The largest absolute Gasteiger partial charge is 0.298 e. The highest BCUT2D eigenvalue weighted by Crippen LogP contribution is 2.08. The lowest BCUT2D eigenvalue weighted by atomic mass is 10.1. The fourth-order valence-electron chi connectivity index (χ4n) is 1.37. The molecule has 0 aromatic heterocycles. The maximum Gasteiger partial charge on any atom is 0.148 e. The average molecular weight is 184 g/mol. The fraction of sp³-hybridized carbons (Fsp3) is 0.909. The third-order valence-corrected chi connectivity index (χ3v) is 2.26. The molecule has 1 radical (unpaired) electrons. The minimum absolute atomic E-state index is 0.0319. The normalized spacial score (nSPS) is 10.3. The van der Waals surface area contributed by atoms with Crippen molar-refractivity contribution in [3.63, 3.8) is 0 Å². The number of ketones is 1. The van der Waals surface area contributed by atoms with Crippen molar-refractivity contribution in [2.75, 3.05) is 6.54 Å². The van der Waals surface area contributed by atoms with Crippen LogP contribution in [0.1, 0.15) is 58.3 Å². The highest BCUT2D eigenvalue weighted by Gasteiger charge is 1.97. The first-order chi connectivity index (χ1) is 6.31. The van der Waals surface area contributed by atoms with E-state index in [0.717, 1.165) is 12.8 Å². The van der Waals surface area contributed by atoms with Gasteiger partial charge in [-0.2, -0.15) is 0 Å². The van der Waals surface area contributed by atoms with Crippen molar-refractivity contribution in [3.8, 4) is 0 Å². The predicted molar refractivity (Wildman–Crippen MR) is 55.6 cm³/mol. The summed E-state index contributed by atoms with van der Waals surface area (Å²) in [6, 6.07) is 0. The van der Waals surface area contributed by atoms with Crippen molar-refractivity contribution in [3.05, 3.63) is 0 Å². The molecule has 0 unspecified atom stereocenters. The molecule has 1 N–H and O–H groups in total. The van der Waals surface area contributed by atoms with E-state index < -0.39 is 0 Å². The number of unbranched alkanes of at least 4 members (excludes halogenated alkanes) is 6. The Morgan fingerprint density at radius 2 is 1.54 bits per heavy atom. The maximum absolute atomic E-state index is 10.8. The van der Waals surface area contributed by atoms with E-state index in [2.05, 4.69) is 6.92 Å². The summed E-state index contributed by atoms with van der Waals surface area (Å²) in [5, 5.41) is 0. The Hall–Kier alpha value is -0.370. The highest BCUT2D eigenvalue weighted by atomic mass is 16.1. The second-order valence-corrected chi connectivity index (χ2v) is 3.59. The van der Waals surface area contributed by atoms with E-state index in [4.69, 9.17) is 5.73 Å². The molecular weight excluding hydrogens is 162 g/mol. The quantitative estimate of drug-likeness (QED) is 0.508. The molecule has 0 amide bonds. The average Bonchev–Trinajstić information content (AvgIpc) is 2.16. The zero-order valence-electron chi connectivity index (χ0n) is 8.77. The summed E-state index contributed by atoms with van der Waals surface area (Å²) in [5.41, 5.74) is 6.83. The number of Topliss-reactive ketones (excluding diaryl/α,β-unsaturated/α-hetero) is 1. The van der Waals surface area contributed by atoms with Crippen LogP contribution in [0.2, 0.25) is 0 Å². The topological polar surface area (TPSA) is 40.9 Å². The number of carbonyl (C=O) groups excluding carboxylic acids is 1. The molecule has 0 bridgehead atoms. The molecule has 0 aliphatic carbocycles. The zero-order valence-corrected chi connectivity index (χ0v) is 8.77. The lowest BCUT2D eigenvalue weighted by Gasteiger charge is -1.99. The third kappa shape index (κ3) is 9.54. The summed E-state index contributed by atoms with van der Waals surface area (Å²) < 4.78 is 0. The van der Waals surface area contributed by atoms with E-state index in [9.17, 15) is 4.79 Å². The molecule has 0 atom stereocenters.